The normalized spacial score (nSPS) is 25.9. The number of amides is 1. The summed E-state index contributed by atoms with van der Waals surface area (Å²) in [5.74, 6) is -1.81. The predicted octanol–water partition coefficient (Wildman–Crippen LogP) is -1.34. The Bertz CT molecular complexity index is 573. The van der Waals surface area contributed by atoms with Gasteiger partial charge in [0.2, 0.25) is 5.91 Å². The molecule has 0 aliphatic carbocycles. The minimum Gasteiger partial charge on any atom is -0.394 e. The van der Waals surface area contributed by atoms with Crippen LogP contribution in [0.2, 0.25) is 0 Å². The van der Waals surface area contributed by atoms with Gasteiger partial charge in [-0.25, -0.2) is 4.39 Å². The molecule has 1 aliphatic heterocycles. The molecule has 0 bridgehead atoms. The van der Waals surface area contributed by atoms with Gasteiger partial charge in [-0.1, -0.05) is 0 Å². The molecule has 7 nitrogen and oxygen atoms in total. The van der Waals surface area contributed by atoms with E-state index in [1.165, 1.54) is 12.3 Å². The highest BCUT2D eigenvalue weighted by Crippen LogP contribution is 2.27. The van der Waals surface area contributed by atoms with Gasteiger partial charge in [-0.15, -0.1) is 0 Å². The Morgan fingerprint density at radius 1 is 1.60 bits per heavy atom. The number of pyridine rings is 1. The average molecular weight is 286 g/mol. The second-order valence-electron chi connectivity index (χ2n) is 4.63. The zero-order chi connectivity index (χ0) is 14.9. The molecule has 1 amide bonds. The van der Waals surface area contributed by atoms with Gasteiger partial charge in [-0.05, 0) is 6.07 Å². The maximum absolute atomic E-state index is 13.8. The number of aliphatic hydroxyl groups excluding tert-OH is 2. The van der Waals surface area contributed by atoms with Gasteiger partial charge in [0.1, 0.15) is 12.3 Å². The molecule has 2 heterocycles. The molecule has 1 aliphatic rings. The maximum Gasteiger partial charge on any atom is 0.288 e. The van der Waals surface area contributed by atoms with Gasteiger partial charge in [-0.3, -0.25) is 14.2 Å². The number of nitrogens with zero attached hydrogens (tertiary/aromatic N) is 1. The molecule has 1 fully saturated rings. The lowest BCUT2D eigenvalue weighted by atomic mass is 10.1. The maximum atomic E-state index is 13.8. The highest BCUT2D eigenvalue weighted by Gasteiger charge is 2.35. The van der Waals surface area contributed by atoms with Gasteiger partial charge < -0.3 is 20.7 Å². The van der Waals surface area contributed by atoms with Gasteiger partial charge in [0.25, 0.3) is 5.56 Å². The number of aliphatic hydroxyl groups is 2. The first kappa shape index (κ1) is 14.6. The van der Waals surface area contributed by atoms with Crippen molar-refractivity contribution in [3.05, 3.63) is 34.0 Å². The number of carbonyl (C=O) groups is 1. The average Bonchev–Trinajstić information content (AvgIpc) is 2.76. The van der Waals surface area contributed by atoms with Crippen molar-refractivity contribution < 1.29 is 24.1 Å². The Balaban J connectivity index is 2.29. The second-order valence-corrected chi connectivity index (χ2v) is 4.63. The minimum absolute atomic E-state index is 0.0692. The highest BCUT2D eigenvalue weighted by molar-refractivity contribution is 5.76. The fraction of sp³-hybridized carbons (Fsp3) is 0.500. The number of hydrogen-bond acceptors (Lipinski definition) is 5. The van der Waals surface area contributed by atoms with E-state index in [4.69, 9.17) is 15.6 Å². The number of aromatic nitrogens is 1. The van der Waals surface area contributed by atoms with Crippen molar-refractivity contribution in [2.24, 2.45) is 5.73 Å². The Morgan fingerprint density at radius 3 is 2.85 bits per heavy atom. The van der Waals surface area contributed by atoms with E-state index < -0.39 is 42.3 Å². The van der Waals surface area contributed by atoms with Crippen molar-refractivity contribution in [1.82, 2.24) is 4.57 Å². The first-order chi connectivity index (χ1) is 9.43. The number of rotatable bonds is 4. The summed E-state index contributed by atoms with van der Waals surface area (Å²) in [6, 6.07) is 1.27. The van der Waals surface area contributed by atoms with Crippen molar-refractivity contribution in [2.45, 2.75) is 31.3 Å². The summed E-state index contributed by atoms with van der Waals surface area (Å²) < 4.78 is 20.1. The third-order valence-electron chi connectivity index (χ3n) is 3.20. The molecule has 2 rings (SSSR count). The molecular weight excluding hydrogens is 271 g/mol. The van der Waals surface area contributed by atoms with Crippen molar-refractivity contribution >= 4 is 5.91 Å². The molecule has 1 aromatic rings. The molecule has 20 heavy (non-hydrogen) atoms. The summed E-state index contributed by atoms with van der Waals surface area (Å²) in [5.41, 5.74) is 3.91. The summed E-state index contributed by atoms with van der Waals surface area (Å²) in [6.07, 6.45) is -1.60. The monoisotopic (exact) mass is 286 g/mol. The smallest absolute Gasteiger partial charge is 0.288 e. The van der Waals surface area contributed by atoms with Crippen molar-refractivity contribution in [3.63, 3.8) is 0 Å². The Hall–Kier alpha value is -1.77. The van der Waals surface area contributed by atoms with Gasteiger partial charge in [0, 0.05) is 18.2 Å². The number of primary amides is 1. The molecule has 1 saturated heterocycles. The Kier molecular flexibility index (Phi) is 4.17. The van der Waals surface area contributed by atoms with Crippen LogP contribution in [0.25, 0.3) is 0 Å². The van der Waals surface area contributed by atoms with Gasteiger partial charge >= 0.3 is 0 Å². The van der Waals surface area contributed by atoms with Gasteiger partial charge in [0.05, 0.1) is 19.1 Å². The molecule has 0 unspecified atom stereocenters. The number of nitrogens with two attached hydrogens (primary N) is 1. The van der Waals surface area contributed by atoms with Gasteiger partial charge in [-0.2, -0.15) is 0 Å². The highest BCUT2D eigenvalue weighted by atomic mass is 19.1. The van der Waals surface area contributed by atoms with Gasteiger partial charge in [0.15, 0.2) is 5.82 Å². The predicted molar refractivity (Wildman–Crippen MR) is 65.2 cm³/mol. The topological polar surface area (TPSA) is 115 Å². The lowest BCUT2D eigenvalue weighted by molar-refractivity contribution is -0.117. The molecule has 110 valence electrons. The van der Waals surface area contributed by atoms with Crippen LogP contribution in [0.5, 0.6) is 0 Å². The van der Waals surface area contributed by atoms with E-state index in [1.54, 1.807) is 0 Å². The lowest BCUT2D eigenvalue weighted by Crippen LogP contribution is -2.29. The van der Waals surface area contributed by atoms with E-state index in [9.17, 15) is 19.1 Å². The summed E-state index contributed by atoms with van der Waals surface area (Å²) in [4.78, 5) is 22.6. The third-order valence-corrected chi connectivity index (χ3v) is 3.20. The summed E-state index contributed by atoms with van der Waals surface area (Å²) >= 11 is 0. The third kappa shape index (κ3) is 2.72. The SMILES string of the molecule is NC(=O)Cc1ccn([C@H]2C[C@H](O)[C@@H](CO)O2)c(=O)c1F. The van der Waals surface area contributed by atoms with Crippen LogP contribution in [0.15, 0.2) is 17.1 Å². The Morgan fingerprint density at radius 2 is 2.30 bits per heavy atom. The molecule has 3 atom stereocenters. The van der Waals surface area contributed by atoms with E-state index in [2.05, 4.69) is 0 Å². The summed E-state index contributed by atoms with van der Waals surface area (Å²) in [7, 11) is 0. The molecule has 8 heteroatoms. The van der Waals surface area contributed by atoms with E-state index >= 15 is 0 Å². The molecule has 0 saturated carbocycles. The van der Waals surface area contributed by atoms with Crippen LogP contribution in [0, 0.1) is 5.82 Å². The molecule has 0 spiro atoms. The van der Waals surface area contributed by atoms with Crippen LogP contribution in [-0.4, -0.2) is 39.5 Å². The lowest BCUT2D eigenvalue weighted by Gasteiger charge is -2.15. The largest absolute Gasteiger partial charge is 0.394 e. The van der Waals surface area contributed by atoms with Crippen LogP contribution < -0.4 is 11.3 Å². The first-order valence-electron chi connectivity index (χ1n) is 6.06. The molecular formula is C12H15FN2O5. The van der Waals surface area contributed by atoms with Crippen molar-refractivity contribution in [3.8, 4) is 0 Å². The zero-order valence-electron chi connectivity index (χ0n) is 10.5. The van der Waals surface area contributed by atoms with E-state index in [0.29, 0.717) is 0 Å². The van der Waals surface area contributed by atoms with Crippen molar-refractivity contribution in [1.29, 1.82) is 0 Å². The van der Waals surface area contributed by atoms with Crippen LogP contribution >= 0.6 is 0 Å². The van der Waals surface area contributed by atoms with Crippen LogP contribution in [-0.2, 0) is 16.0 Å². The van der Waals surface area contributed by atoms with E-state index in [1.807, 2.05) is 0 Å². The molecule has 1 aromatic heterocycles. The molecule has 4 N–H and O–H groups in total. The quantitative estimate of drug-likeness (QED) is 0.633. The zero-order valence-corrected chi connectivity index (χ0v) is 10.5. The van der Waals surface area contributed by atoms with E-state index in [0.717, 1.165) is 4.57 Å². The molecule has 0 radical (unpaired) electrons. The van der Waals surface area contributed by atoms with Crippen molar-refractivity contribution in [2.75, 3.05) is 6.61 Å². The second kappa shape index (κ2) is 5.70. The minimum atomic E-state index is -1.07. The number of ether oxygens (including phenoxy) is 1. The standard InChI is InChI=1S/C12H15FN2O5/c13-11-6(3-9(14)18)1-2-15(12(11)19)10-4-7(17)8(5-16)20-10/h1-2,7-8,10,16-17H,3-5H2,(H2,14,18)/t7-,8+,10+/m0/s1. The number of hydrogen-bond donors (Lipinski definition) is 3. The number of carbonyl (C=O) groups excluding carboxylic acids is 1. The number of halogens is 1. The fourth-order valence-electron chi connectivity index (χ4n) is 2.16. The summed E-state index contributed by atoms with van der Waals surface area (Å²) in [5, 5.41) is 18.6. The Labute approximate surface area is 113 Å². The van der Waals surface area contributed by atoms with Crippen LogP contribution in [0.3, 0.4) is 0 Å². The van der Waals surface area contributed by atoms with Crippen LogP contribution in [0.1, 0.15) is 18.2 Å². The first-order valence-corrected chi connectivity index (χ1v) is 6.06. The van der Waals surface area contributed by atoms with E-state index in [-0.39, 0.29) is 18.4 Å². The van der Waals surface area contributed by atoms with Crippen LogP contribution in [0.4, 0.5) is 4.39 Å². The fourth-order valence-corrected chi connectivity index (χ4v) is 2.16. The summed E-state index contributed by atoms with van der Waals surface area (Å²) in [6.45, 7) is -0.394. The molecule has 0 aromatic carbocycles.